The third-order valence-electron chi connectivity index (χ3n) is 4.01. The maximum absolute atomic E-state index is 12.0. The molecule has 1 aliphatic carbocycles. The minimum absolute atomic E-state index is 0.0319. The van der Waals surface area contributed by atoms with Crippen molar-refractivity contribution in [2.24, 2.45) is 11.0 Å². The number of nitrogens with zero attached hydrogens (tertiary/aromatic N) is 1. The van der Waals surface area contributed by atoms with Gasteiger partial charge in [0.25, 0.3) is 5.91 Å². The molecule has 6 nitrogen and oxygen atoms in total. The van der Waals surface area contributed by atoms with Crippen molar-refractivity contribution in [2.75, 3.05) is 13.2 Å². The van der Waals surface area contributed by atoms with Gasteiger partial charge in [-0.05, 0) is 31.9 Å². The normalized spacial score (nSPS) is 15.2. The molecular weight excluding hydrogens is 306 g/mol. The summed E-state index contributed by atoms with van der Waals surface area (Å²) in [6, 6.07) is 7.44. The van der Waals surface area contributed by atoms with E-state index in [-0.39, 0.29) is 24.3 Å². The summed E-state index contributed by atoms with van der Waals surface area (Å²) in [6.45, 7) is 2.41. The number of hydrogen-bond donors (Lipinski definition) is 2. The largest absolute Gasteiger partial charge is 0.493 e. The lowest BCUT2D eigenvalue weighted by Crippen LogP contribution is -2.38. The first-order valence-corrected chi connectivity index (χ1v) is 8.52. The molecule has 2 amide bonds. The molecule has 1 aliphatic rings. The zero-order valence-corrected chi connectivity index (χ0v) is 14.1. The van der Waals surface area contributed by atoms with Crippen LogP contribution in [0.4, 0.5) is 0 Å². The van der Waals surface area contributed by atoms with Crippen LogP contribution in [-0.4, -0.2) is 31.2 Å². The highest BCUT2D eigenvalue weighted by Crippen LogP contribution is 2.23. The van der Waals surface area contributed by atoms with Gasteiger partial charge in [-0.3, -0.25) is 9.59 Å². The number of nitrogens with one attached hydrogen (secondary N) is 2. The third kappa shape index (κ3) is 5.68. The second-order valence-corrected chi connectivity index (χ2v) is 5.82. The molecule has 0 radical (unpaired) electrons. The van der Waals surface area contributed by atoms with Gasteiger partial charge in [0.1, 0.15) is 5.75 Å². The molecule has 6 heteroatoms. The summed E-state index contributed by atoms with van der Waals surface area (Å²) in [5.74, 6) is 0.386. The second-order valence-electron chi connectivity index (χ2n) is 5.82. The first kappa shape index (κ1) is 18.0. The zero-order valence-electron chi connectivity index (χ0n) is 14.1. The van der Waals surface area contributed by atoms with Crippen molar-refractivity contribution in [3.8, 4) is 5.75 Å². The van der Waals surface area contributed by atoms with Gasteiger partial charge in [-0.2, -0.15) is 5.10 Å². The Morgan fingerprint density at radius 3 is 2.75 bits per heavy atom. The van der Waals surface area contributed by atoms with Gasteiger partial charge in [-0.15, -0.1) is 0 Å². The van der Waals surface area contributed by atoms with E-state index < -0.39 is 0 Å². The maximum atomic E-state index is 12.0. The number of hydrogen-bond acceptors (Lipinski definition) is 4. The molecule has 0 heterocycles. The van der Waals surface area contributed by atoms with Gasteiger partial charge in [-0.1, -0.05) is 31.4 Å². The summed E-state index contributed by atoms with van der Waals surface area (Å²) >= 11 is 0. The minimum atomic E-state index is -0.343. The Labute approximate surface area is 142 Å². The summed E-state index contributed by atoms with van der Waals surface area (Å²) in [6.07, 6.45) is 6.75. The second kappa shape index (κ2) is 9.70. The molecule has 0 atom stereocenters. The SMILES string of the molecule is CCOc1ccccc1C=NNC(=O)CNC(=O)C1CCCCC1. The lowest BCUT2D eigenvalue weighted by Gasteiger charge is -2.20. The van der Waals surface area contributed by atoms with Crippen LogP contribution in [0, 0.1) is 5.92 Å². The molecule has 0 bridgehead atoms. The van der Waals surface area contributed by atoms with E-state index in [4.69, 9.17) is 4.74 Å². The van der Waals surface area contributed by atoms with E-state index in [1.54, 1.807) is 0 Å². The van der Waals surface area contributed by atoms with Crippen molar-refractivity contribution in [1.82, 2.24) is 10.7 Å². The van der Waals surface area contributed by atoms with E-state index in [9.17, 15) is 9.59 Å². The lowest BCUT2D eigenvalue weighted by atomic mass is 9.89. The number of carbonyl (C=O) groups excluding carboxylic acids is 2. The molecule has 1 aromatic rings. The molecule has 2 rings (SSSR count). The van der Waals surface area contributed by atoms with Crippen LogP contribution < -0.4 is 15.5 Å². The Morgan fingerprint density at radius 2 is 2.00 bits per heavy atom. The number of carbonyl (C=O) groups is 2. The van der Waals surface area contributed by atoms with Crippen molar-refractivity contribution in [3.63, 3.8) is 0 Å². The molecule has 0 aromatic heterocycles. The third-order valence-corrected chi connectivity index (χ3v) is 4.01. The molecule has 0 spiro atoms. The van der Waals surface area contributed by atoms with E-state index in [0.29, 0.717) is 12.4 Å². The molecular formula is C18H25N3O3. The summed E-state index contributed by atoms with van der Waals surface area (Å²) in [4.78, 5) is 23.7. The van der Waals surface area contributed by atoms with Crippen LogP contribution in [0.2, 0.25) is 0 Å². The molecule has 1 saturated carbocycles. The average molecular weight is 331 g/mol. The van der Waals surface area contributed by atoms with Gasteiger partial charge in [-0.25, -0.2) is 5.43 Å². The molecule has 130 valence electrons. The number of amides is 2. The number of ether oxygens (including phenoxy) is 1. The molecule has 1 fully saturated rings. The standard InChI is InChI=1S/C18H25N3O3/c1-2-24-16-11-7-6-10-15(16)12-20-21-17(22)13-19-18(23)14-8-4-3-5-9-14/h6-7,10-12,14H,2-5,8-9,13H2,1H3,(H,19,23)(H,21,22). The van der Waals surface area contributed by atoms with Crippen LogP contribution in [0.5, 0.6) is 5.75 Å². The van der Waals surface area contributed by atoms with E-state index in [1.807, 2.05) is 31.2 Å². The van der Waals surface area contributed by atoms with Gasteiger partial charge in [0.15, 0.2) is 0 Å². The maximum Gasteiger partial charge on any atom is 0.259 e. The Bertz CT molecular complexity index is 581. The molecule has 24 heavy (non-hydrogen) atoms. The highest BCUT2D eigenvalue weighted by Gasteiger charge is 2.21. The quantitative estimate of drug-likeness (QED) is 0.594. The van der Waals surface area contributed by atoms with Crippen LogP contribution >= 0.6 is 0 Å². The fourth-order valence-electron chi connectivity index (χ4n) is 2.76. The van der Waals surface area contributed by atoms with Crippen molar-refractivity contribution >= 4 is 18.0 Å². The molecule has 0 saturated heterocycles. The Balaban J connectivity index is 1.75. The molecule has 1 aromatic carbocycles. The Hall–Kier alpha value is -2.37. The van der Waals surface area contributed by atoms with Crippen LogP contribution in [0.3, 0.4) is 0 Å². The topological polar surface area (TPSA) is 79.8 Å². The molecule has 0 aliphatic heterocycles. The van der Waals surface area contributed by atoms with Gasteiger partial charge in [0, 0.05) is 11.5 Å². The summed E-state index contributed by atoms with van der Waals surface area (Å²) < 4.78 is 5.48. The fraction of sp³-hybridized carbons (Fsp3) is 0.500. The molecule has 2 N–H and O–H groups in total. The average Bonchev–Trinajstić information content (AvgIpc) is 2.62. The Morgan fingerprint density at radius 1 is 1.25 bits per heavy atom. The summed E-state index contributed by atoms with van der Waals surface area (Å²) in [5.41, 5.74) is 3.20. The number of hydrazone groups is 1. The van der Waals surface area contributed by atoms with Crippen molar-refractivity contribution in [1.29, 1.82) is 0 Å². The number of benzene rings is 1. The van der Waals surface area contributed by atoms with Crippen molar-refractivity contribution < 1.29 is 14.3 Å². The van der Waals surface area contributed by atoms with Crippen molar-refractivity contribution in [3.05, 3.63) is 29.8 Å². The lowest BCUT2D eigenvalue weighted by molar-refractivity contribution is -0.129. The fourth-order valence-corrected chi connectivity index (χ4v) is 2.76. The summed E-state index contributed by atoms with van der Waals surface area (Å²) in [7, 11) is 0. The number of rotatable bonds is 7. The monoisotopic (exact) mass is 331 g/mol. The van der Waals surface area contributed by atoms with Crippen LogP contribution in [0.15, 0.2) is 29.4 Å². The van der Waals surface area contributed by atoms with E-state index in [0.717, 1.165) is 31.2 Å². The first-order chi connectivity index (χ1) is 11.7. The van der Waals surface area contributed by atoms with E-state index >= 15 is 0 Å². The Kier molecular flexibility index (Phi) is 7.26. The van der Waals surface area contributed by atoms with E-state index in [2.05, 4.69) is 15.8 Å². The predicted molar refractivity (Wildman–Crippen MR) is 92.9 cm³/mol. The highest BCUT2D eigenvalue weighted by atomic mass is 16.5. The van der Waals surface area contributed by atoms with Crippen LogP contribution in [0.1, 0.15) is 44.6 Å². The van der Waals surface area contributed by atoms with Gasteiger partial charge in [0.05, 0.1) is 19.4 Å². The summed E-state index contributed by atoms with van der Waals surface area (Å²) in [5, 5.41) is 6.60. The highest BCUT2D eigenvalue weighted by molar-refractivity contribution is 5.87. The first-order valence-electron chi connectivity index (χ1n) is 8.52. The number of para-hydroxylation sites is 1. The van der Waals surface area contributed by atoms with Crippen LogP contribution in [-0.2, 0) is 9.59 Å². The predicted octanol–water partition coefficient (Wildman–Crippen LogP) is 2.23. The molecule has 0 unspecified atom stereocenters. The van der Waals surface area contributed by atoms with Gasteiger partial charge >= 0.3 is 0 Å². The van der Waals surface area contributed by atoms with Crippen LogP contribution in [0.25, 0.3) is 0 Å². The smallest absolute Gasteiger partial charge is 0.259 e. The van der Waals surface area contributed by atoms with Gasteiger partial charge in [0.2, 0.25) is 5.91 Å². The van der Waals surface area contributed by atoms with Crippen molar-refractivity contribution in [2.45, 2.75) is 39.0 Å². The minimum Gasteiger partial charge on any atom is -0.493 e. The zero-order chi connectivity index (χ0) is 17.2. The van der Waals surface area contributed by atoms with Gasteiger partial charge < -0.3 is 10.1 Å². The van der Waals surface area contributed by atoms with E-state index in [1.165, 1.54) is 12.6 Å².